The summed E-state index contributed by atoms with van der Waals surface area (Å²) < 4.78 is 27.3. The molecule has 2 aromatic rings. The van der Waals surface area contributed by atoms with Crippen molar-refractivity contribution >= 4 is 21.4 Å². The Morgan fingerprint density at radius 1 is 1.14 bits per heavy atom. The van der Waals surface area contributed by atoms with Gasteiger partial charge in [0.2, 0.25) is 10.0 Å². The van der Waals surface area contributed by atoms with Crippen LogP contribution in [-0.2, 0) is 16.6 Å². The summed E-state index contributed by atoms with van der Waals surface area (Å²) in [5.74, 6) is 0. The predicted octanol–water partition coefficient (Wildman–Crippen LogP) is 1.06. The number of hydrogen-bond acceptors (Lipinski definition) is 5. The predicted molar refractivity (Wildman–Crippen MR) is 112 cm³/mol. The minimum Gasteiger partial charge on any atom is -0.365 e. The largest absolute Gasteiger partial charge is 0.365 e. The molecule has 1 aliphatic rings. The van der Waals surface area contributed by atoms with E-state index in [2.05, 4.69) is 0 Å². The average Bonchev–Trinajstić information content (AvgIpc) is 2.69. The van der Waals surface area contributed by atoms with Gasteiger partial charge in [-0.25, -0.2) is 8.42 Å². The Morgan fingerprint density at radius 3 is 2.34 bits per heavy atom. The first-order valence-electron chi connectivity index (χ1n) is 9.55. The third kappa shape index (κ3) is 4.75. The Hall–Kier alpha value is -2.49. The lowest BCUT2D eigenvalue weighted by atomic mass is 10.1. The highest BCUT2D eigenvalue weighted by Gasteiger charge is 2.31. The molecule has 0 atom stereocenters. The average molecular weight is 420 g/mol. The zero-order valence-corrected chi connectivity index (χ0v) is 17.8. The second-order valence-electron chi connectivity index (χ2n) is 7.61. The molecule has 156 valence electrons. The quantitative estimate of drug-likeness (QED) is 0.559. The monoisotopic (exact) mass is 419 g/mol. The van der Waals surface area contributed by atoms with Gasteiger partial charge in [0.05, 0.1) is 43.0 Å². The molecule has 1 N–H and O–H groups in total. The van der Waals surface area contributed by atoms with Crippen molar-refractivity contribution in [2.45, 2.75) is 18.4 Å². The van der Waals surface area contributed by atoms with Gasteiger partial charge < -0.3 is 9.80 Å². The number of anilines is 1. The van der Waals surface area contributed by atoms with Gasteiger partial charge in [-0.15, -0.1) is 0 Å². The van der Waals surface area contributed by atoms with E-state index in [0.29, 0.717) is 25.3 Å². The normalized spacial score (nSPS) is 16.0. The molecule has 9 heteroatoms. The zero-order chi connectivity index (χ0) is 21.2. The number of nitro groups is 1. The second kappa shape index (κ2) is 8.48. The van der Waals surface area contributed by atoms with E-state index < -0.39 is 14.9 Å². The molecular weight excluding hydrogens is 392 g/mol. The third-order valence-electron chi connectivity index (χ3n) is 5.31. The summed E-state index contributed by atoms with van der Waals surface area (Å²) in [5.41, 5.74) is 2.34. The minimum atomic E-state index is -3.75. The number of hydrogen-bond donors (Lipinski definition) is 1. The molecule has 0 amide bonds. The number of nitrogens with zero attached hydrogens (tertiary/aromatic N) is 3. The molecule has 8 nitrogen and oxygen atoms in total. The highest BCUT2D eigenvalue weighted by atomic mass is 32.2. The van der Waals surface area contributed by atoms with Crippen LogP contribution in [0.4, 0.5) is 11.4 Å². The summed E-state index contributed by atoms with van der Waals surface area (Å²) in [7, 11) is 0.0343. The van der Waals surface area contributed by atoms with E-state index in [9.17, 15) is 18.5 Å². The lowest BCUT2D eigenvalue weighted by Gasteiger charge is -2.29. The van der Waals surface area contributed by atoms with Crippen molar-refractivity contribution in [3.63, 3.8) is 0 Å². The number of nitrogens with one attached hydrogen (secondary N) is 1. The Bertz CT molecular complexity index is 984. The van der Waals surface area contributed by atoms with E-state index in [1.165, 1.54) is 27.4 Å². The maximum atomic E-state index is 13.0. The smallest absolute Gasteiger partial charge is 0.293 e. The summed E-state index contributed by atoms with van der Waals surface area (Å²) >= 11 is 0. The summed E-state index contributed by atoms with van der Waals surface area (Å²) in [5, 5.41) is 11.7. The van der Waals surface area contributed by atoms with Crippen molar-refractivity contribution in [1.29, 1.82) is 0 Å². The molecule has 0 saturated carbocycles. The topological polar surface area (TPSA) is 88.2 Å². The molecule has 0 aromatic heterocycles. The van der Waals surface area contributed by atoms with Gasteiger partial charge in [-0.3, -0.25) is 10.1 Å². The van der Waals surface area contributed by atoms with Gasteiger partial charge in [0.1, 0.15) is 5.69 Å². The Labute approximate surface area is 171 Å². The van der Waals surface area contributed by atoms with Crippen molar-refractivity contribution in [2.24, 2.45) is 0 Å². The van der Waals surface area contributed by atoms with Gasteiger partial charge in [-0.2, -0.15) is 4.31 Å². The van der Waals surface area contributed by atoms with Crippen molar-refractivity contribution in [2.75, 3.05) is 45.2 Å². The number of sulfonamides is 1. The molecule has 3 rings (SSSR count). The molecule has 0 spiro atoms. The molecular formula is C20H27N4O4S+. The first-order valence-corrected chi connectivity index (χ1v) is 11.0. The second-order valence-corrected chi connectivity index (χ2v) is 9.55. The SMILES string of the molecule is Cc1ccc(CN(C)c2ccc(S(=O)(=O)N3CC[NH+](C)CC3)cc2[N+](=O)[O-])cc1. The van der Waals surface area contributed by atoms with Crippen LogP contribution in [0.3, 0.4) is 0 Å². The van der Waals surface area contributed by atoms with E-state index in [1.54, 1.807) is 11.9 Å². The maximum Gasteiger partial charge on any atom is 0.293 e. The third-order valence-corrected chi connectivity index (χ3v) is 7.20. The Morgan fingerprint density at radius 2 is 1.76 bits per heavy atom. The van der Waals surface area contributed by atoms with E-state index in [4.69, 9.17) is 0 Å². The van der Waals surface area contributed by atoms with Crippen LogP contribution in [0.2, 0.25) is 0 Å². The molecule has 0 bridgehead atoms. The fraction of sp³-hybridized carbons (Fsp3) is 0.400. The lowest BCUT2D eigenvalue weighted by Crippen LogP contribution is -3.12. The van der Waals surface area contributed by atoms with Crippen LogP contribution < -0.4 is 9.80 Å². The fourth-order valence-electron chi connectivity index (χ4n) is 3.44. The summed E-state index contributed by atoms with van der Waals surface area (Å²) in [6, 6.07) is 12.1. The van der Waals surface area contributed by atoms with Gasteiger partial charge >= 0.3 is 0 Å². The van der Waals surface area contributed by atoms with E-state index in [1.807, 2.05) is 38.2 Å². The lowest BCUT2D eigenvalue weighted by molar-refractivity contribution is -0.883. The summed E-state index contributed by atoms with van der Waals surface area (Å²) in [4.78, 5) is 14.2. The van der Waals surface area contributed by atoms with Gasteiger partial charge in [-0.05, 0) is 24.6 Å². The molecule has 0 radical (unpaired) electrons. The highest BCUT2D eigenvalue weighted by Crippen LogP contribution is 2.32. The zero-order valence-electron chi connectivity index (χ0n) is 17.0. The number of quaternary nitrogens is 1. The van der Waals surface area contributed by atoms with E-state index in [-0.39, 0.29) is 10.6 Å². The molecule has 1 aliphatic heterocycles. The standard InChI is InChI=1S/C20H26N4O4S/c1-16-4-6-17(7-5-16)15-22(3)19-9-8-18(14-20(19)24(25)26)29(27,28)23-12-10-21(2)11-13-23/h4-9,14H,10-13,15H2,1-3H3/p+1. The van der Waals surface area contributed by atoms with Crippen molar-refractivity contribution in [3.8, 4) is 0 Å². The van der Waals surface area contributed by atoms with Gasteiger partial charge in [-0.1, -0.05) is 29.8 Å². The first-order chi connectivity index (χ1) is 13.7. The highest BCUT2D eigenvalue weighted by molar-refractivity contribution is 7.89. The van der Waals surface area contributed by atoms with E-state index in [0.717, 1.165) is 24.2 Å². The molecule has 2 aromatic carbocycles. The number of rotatable bonds is 6. The molecule has 1 heterocycles. The number of likely N-dealkylation sites (N-methyl/N-ethyl adjacent to an activating group) is 1. The number of aryl methyl sites for hydroxylation is 1. The molecule has 0 aliphatic carbocycles. The van der Waals surface area contributed by atoms with Crippen LogP contribution >= 0.6 is 0 Å². The summed E-state index contributed by atoms with van der Waals surface area (Å²) in [6.45, 7) is 4.75. The van der Waals surface area contributed by atoms with E-state index >= 15 is 0 Å². The van der Waals surface area contributed by atoms with Crippen molar-refractivity contribution < 1.29 is 18.2 Å². The van der Waals surface area contributed by atoms with Crippen LogP contribution in [0.15, 0.2) is 47.4 Å². The van der Waals surface area contributed by atoms with Gasteiger partial charge in [0, 0.05) is 19.7 Å². The van der Waals surface area contributed by atoms with Crippen LogP contribution in [0.5, 0.6) is 0 Å². The van der Waals surface area contributed by atoms with Gasteiger partial charge in [0.25, 0.3) is 5.69 Å². The van der Waals surface area contributed by atoms with Crippen LogP contribution in [0, 0.1) is 17.0 Å². The van der Waals surface area contributed by atoms with Crippen molar-refractivity contribution in [1.82, 2.24) is 4.31 Å². The van der Waals surface area contributed by atoms with Crippen LogP contribution in [0.1, 0.15) is 11.1 Å². The molecule has 1 saturated heterocycles. The fourth-order valence-corrected chi connectivity index (χ4v) is 4.90. The molecule has 29 heavy (non-hydrogen) atoms. The van der Waals surface area contributed by atoms with Crippen molar-refractivity contribution in [3.05, 3.63) is 63.7 Å². The van der Waals surface area contributed by atoms with Crippen LogP contribution in [0.25, 0.3) is 0 Å². The number of nitro benzene ring substituents is 1. The molecule has 1 fully saturated rings. The van der Waals surface area contributed by atoms with Gasteiger partial charge in [0.15, 0.2) is 0 Å². The Kier molecular flexibility index (Phi) is 6.21. The molecule has 0 unspecified atom stereocenters. The first kappa shape index (κ1) is 21.2. The summed E-state index contributed by atoms with van der Waals surface area (Å²) in [6.07, 6.45) is 0. The van der Waals surface area contributed by atoms with Crippen LogP contribution in [-0.4, -0.2) is 57.9 Å². The minimum absolute atomic E-state index is 0.0313. The Balaban J connectivity index is 1.88. The number of piperazine rings is 1. The number of benzene rings is 2. The maximum absolute atomic E-state index is 13.0.